The van der Waals surface area contributed by atoms with E-state index in [0.717, 1.165) is 0 Å². The highest BCUT2D eigenvalue weighted by Gasteiger charge is 2.19. The van der Waals surface area contributed by atoms with Gasteiger partial charge in [-0.3, -0.25) is 15.0 Å². The molecule has 0 unspecified atom stereocenters. The van der Waals surface area contributed by atoms with Crippen LogP contribution in [0, 0.1) is 5.82 Å². The number of benzene rings is 1. The smallest absolute Gasteiger partial charge is 0.321 e. The van der Waals surface area contributed by atoms with E-state index in [4.69, 9.17) is 4.74 Å². The molecule has 0 aliphatic heterocycles. The number of ether oxygens (including phenoxy) is 1. The molecule has 0 aliphatic rings. The van der Waals surface area contributed by atoms with E-state index in [-0.39, 0.29) is 5.82 Å². The zero-order chi connectivity index (χ0) is 15.8. The maximum atomic E-state index is 12.7. The Morgan fingerprint density at radius 3 is 2.52 bits per heavy atom. The van der Waals surface area contributed by atoms with E-state index in [1.165, 1.54) is 31.3 Å². The fourth-order valence-corrected chi connectivity index (χ4v) is 1.51. The van der Waals surface area contributed by atoms with Crippen LogP contribution in [0.15, 0.2) is 24.3 Å². The van der Waals surface area contributed by atoms with Crippen molar-refractivity contribution < 1.29 is 18.7 Å². The molecule has 0 heterocycles. The van der Waals surface area contributed by atoms with Gasteiger partial charge in [0.25, 0.3) is 0 Å². The molecule has 2 N–H and O–H groups in total. The fourth-order valence-electron chi connectivity index (χ4n) is 1.51. The Hall–Kier alpha value is -2.15. The lowest BCUT2D eigenvalue weighted by Gasteiger charge is -2.23. The Balaban J connectivity index is 2.35. The van der Waals surface area contributed by atoms with Gasteiger partial charge >= 0.3 is 6.03 Å². The average Bonchev–Trinajstić information content (AvgIpc) is 2.48. The summed E-state index contributed by atoms with van der Waals surface area (Å²) in [4.78, 5) is 24.5. The average molecular weight is 297 g/mol. The summed E-state index contributed by atoms with van der Waals surface area (Å²) < 4.78 is 18.2. The van der Waals surface area contributed by atoms with Gasteiger partial charge in [0.05, 0.1) is 6.04 Å². The van der Waals surface area contributed by atoms with Crippen molar-refractivity contribution in [2.24, 2.45) is 0 Å². The van der Waals surface area contributed by atoms with Gasteiger partial charge in [0, 0.05) is 13.6 Å². The van der Waals surface area contributed by atoms with Crippen molar-refractivity contribution >= 4 is 11.9 Å². The molecule has 3 amide bonds. The highest BCUT2D eigenvalue weighted by atomic mass is 19.1. The molecule has 0 aliphatic carbocycles. The molecule has 0 saturated heterocycles. The monoisotopic (exact) mass is 297 g/mol. The fraction of sp³-hybridized carbons (Fsp3) is 0.429. The second-order valence-corrected chi connectivity index (χ2v) is 4.53. The zero-order valence-corrected chi connectivity index (χ0v) is 12.4. The molecule has 1 aromatic rings. The molecular formula is C14H20FN3O3. The standard InChI is InChI=1S/C14H20FN3O3/c1-10(13(19)17-14(20)16-2)18(3)8-9-21-12-6-4-11(15)5-7-12/h4-7,10H,8-9H2,1-3H3,(H2,16,17,19,20)/t10-/m1/s1. The van der Waals surface area contributed by atoms with Crippen molar-refractivity contribution in [2.75, 3.05) is 27.2 Å². The second-order valence-electron chi connectivity index (χ2n) is 4.53. The molecule has 0 saturated carbocycles. The molecule has 7 heteroatoms. The SMILES string of the molecule is CNC(=O)NC(=O)[C@@H](C)N(C)CCOc1ccc(F)cc1. The summed E-state index contributed by atoms with van der Waals surface area (Å²) in [6, 6.07) is 4.70. The molecule has 0 bridgehead atoms. The normalized spacial score (nSPS) is 11.9. The zero-order valence-electron chi connectivity index (χ0n) is 12.4. The lowest BCUT2D eigenvalue weighted by molar-refractivity contribution is -0.124. The van der Waals surface area contributed by atoms with Crippen molar-refractivity contribution in [3.05, 3.63) is 30.1 Å². The minimum Gasteiger partial charge on any atom is -0.492 e. The van der Waals surface area contributed by atoms with Crippen LogP contribution in [0.5, 0.6) is 5.75 Å². The topological polar surface area (TPSA) is 70.7 Å². The van der Waals surface area contributed by atoms with E-state index in [1.807, 2.05) is 0 Å². The van der Waals surface area contributed by atoms with Gasteiger partial charge in [0.15, 0.2) is 0 Å². The number of imide groups is 1. The van der Waals surface area contributed by atoms with Crippen LogP contribution in [-0.2, 0) is 4.79 Å². The summed E-state index contributed by atoms with van der Waals surface area (Å²) in [5.41, 5.74) is 0. The third-order valence-electron chi connectivity index (χ3n) is 3.03. The Kier molecular flexibility index (Phi) is 6.61. The van der Waals surface area contributed by atoms with Gasteiger partial charge in [-0.25, -0.2) is 9.18 Å². The van der Waals surface area contributed by atoms with E-state index in [1.54, 1.807) is 18.9 Å². The molecule has 0 aromatic heterocycles. The molecule has 1 aromatic carbocycles. The van der Waals surface area contributed by atoms with E-state index in [9.17, 15) is 14.0 Å². The van der Waals surface area contributed by atoms with Crippen LogP contribution in [-0.4, -0.2) is 50.1 Å². The first-order valence-electron chi connectivity index (χ1n) is 6.55. The number of halogens is 1. The summed E-state index contributed by atoms with van der Waals surface area (Å²) in [7, 11) is 3.19. The van der Waals surface area contributed by atoms with Gasteiger partial charge in [0.1, 0.15) is 18.2 Å². The highest BCUT2D eigenvalue weighted by molar-refractivity contribution is 5.96. The molecule has 0 fully saturated rings. The summed E-state index contributed by atoms with van der Waals surface area (Å²) in [6.45, 7) is 2.52. The van der Waals surface area contributed by atoms with Gasteiger partial charge in [-0.2, -0.15) is 0 Å². The van der Waals surface area contributed by atoms with Gasteiger partial charge in [-0.05, 0) is 38.2 Å². The number of urea groups is 1. The maximum absolute atomic E-state index is 12.7. The van der Waals surface area contributed by atoms with Crippen LogP contribution in [0.3, 0.4) is 0 Å². The number of rotatable bonds is 6. The summed E-state index contributed by atoms with van der Waals surface area (Å²) in [5, 5.41) is 4.53. The van der Waals surface area contributed by atoms with Crippen LogP contribution >= 0.6 is 0 Å². The molecule has 0 radical (unpaired) electrons. The van der Waals surface area contributed by atoms with Gasteiger partial charge in [-0.1, -0.05) is 0 Å². The van der Waals surface area contributed by atoms with Crippen molar-refractivity contribution in [1.82, 2.24) is 15.5 Å². The van der Waals surface area contributed by atoms with Crippen molar-refractivity contribution in [2.45, 2.75) is 13.0 Å². The van der Waals surface area contributed by atoms with Gasteiger partial charge in [-0.15, -0.1) is 0 Å². The number of nitrogens with zero attached hydrogens (tertiary/aromatic N) is 1. The van der Waals surface area contributed by atoms with E-state index in [2.05, 4.69) is 10.6 Å². The first-order valence-corrected chi connectivity index (χ1v) is 6.55. The van der Waals surface area contributed by atoms with E-state index in [0.29, 0.717) is 18.9 Å². The van der Waals surface area contributed by atoms with Gasteiger partial charge in [0.2, 0.25) is 5.91 Å². The molecule has 1 atom stereocenters. The molecule has 1 rings (SSSR count). The number of carbonyl (C=O) groups is 2. The predicted molar refractivity (Wildman–Crippen MR) is 76.6 cm³/mol. The van der Waals surface area contributed by atoms with Crippen molar-refractivity contribution in [3.63, 3.8) is 0 Å². The lowest BCUT2D eigenvalue weighted by Crippen LogP contribution is -2.48. The van der Waals surface area contributed by atoms with Crippen LogP contribution in [0.25, 0.3) is 0 Å². The number of amides is 3. The largest absolute Gasteiger partial charge is 0.492 e. The summed E-state index contributed by atoms with van der Waals surface area (Å²) in [5.74, 6) is -0.148. The van der Waals surface area contributed by atoms with Crippen LogP contribution in [0.4, 0.5) is 9.18 Å². The lowest BCUT2D eigenvalue weighted by atomic mass is 10.3. The second kappa shape index (κ2) is 8.21. The third kappa shape index (κ3) is 5.78. The molecular weight excluding hydrogens is 277 g/mol. The predicted octanol–water partition coefficient (Wildman–Crippen LogP) is 0.980. The highest BCUT2D eigenvalue weighted by Crippen LogP contribution is 2.10. The van der Waals surface area contributed by atoms with Crippen LogP contribution in [0.1, 0.15) is 6.92 Å². The Labute approximate surface area is 123 Å². The maximum Gasteiger partial charge on any atom is 0.321 e. The number of carbonyl (C=O) groups excluding carboxylic acids is 2. The molecule has 116 valence electrons. The van der Waals surface area contributed by atoms with E-state index < -0.39 is 18.0 Å². The quantitative estimate of drug-likeness (QED) is 0.821. The molecule has 21 heavy (non-hydrogen) atoms. The number of likely N-dealkylation sites (N-methyl/N-ethyl adjacent to an activating group) is 1. The van der Waals surface area contributed by atoms with Crippen molar-refractivity contribution in [1.29, 1.82) is 0 Å². The van der Waals surface area contributed by atoms with Crippen molar-refractivity contribution in [3.8, 4) is 5.75 Å². The summed E-state index contributed by atoms with van der Waals surface area (Å²) >= 11 is 0. The molecule has 0 spiro atoms. The third-order valence-corrected chi connectivity index (χ3v) is 3.03. The van der Waals surface area contributed by atoms with Gasteiger partial charge < -0.3 is 10.1 Å². The van der Waals surface area contributed by atoms with Crippen LogP contribution < -0.4 is 15.4 Å². The Morgan fingerprint density at radius 2 is 1.95 bits per heavy atom. The Morgan fingerprint density at radius 1 is 1.33 bits per heavy atom. The minimum atomic E-state index is -0.539. The first kappa shape index (κ1) is 16.9. The summed E-state index contributed by atoms with van der Waals surface area (Å²) in [6.07, 6.45) is 0. The number of hydrogen-bond acceptors (Lipinski definition) is 4. The number of nitrogens with one attached hydrogen (secondary N) is 2. The first-order chi connectivity index (χ1) is 9.93. The minimum absolute atomic E-state index is 0.320. The molecule has 6 nitrogen and oxygen atoms in total. The Bertz CT molecular complexity index is 479. The van der Waals surface area contributed by atoms with Crippen LogP contribution in [0.2, 0.25) is 0 Å². The van der Waals surface area contributed by atoms with E-state index >= 15 is 0 Å². The number of hydrogen-bond donors (Lipinski definition) is 2.